The minimum Gasteiger partial charge on any atom is -0.481 e. The first-order chi connectivity index (χ1) is 9.47. The van der Waals surface area contributed by atoms with Crippen molar-refractivity contribution >= 4 is 12.0 Å². The summed E-state index contributed by atoms with van der Waals surface area (Å²) in [7, 11) is 0. The number of hydrogen-bond donors (Lipinski definition) is 3. The van der Waals surface area contributed by atoms with E-state index in [1.165, 1.54) is 0 Å². The van der Waals surface area contributed by atoms with Gasteiger partial charge in [-0.3, -0.25) is 4.79 Å². The maximum Gasteiger partial charge on any atom is 0.317 e. The second kappa shape index (κ2) is 8.09. The number of nitrogens with one attached hydrogen (secondary N) is 1. The van der Waals surface area contributed by atoms with E-state index in [2.05, 4.69) is 5.32 Å². The predicted molar refractivity (Wildman–Crippen MR) is 75.5 cm³/mol. The van der Waals surface area contributed by atoms with Crippen LogP contribution in [0, 0.1) is 5.92 Å². The maximum atomic E-state index is 12.3. The lowest BCUT2D eigenvalue weighted by Crippen LogP contribution is -2.52. The molecule has 1 saturated carbocycles. The number of aliphatic hydroxyl groups excluding tert-OH is 1. The third-order valence-electron chi connectivity index (χ3n) is 3.83. The van der Waals surface area contributed by atoms with Crippen molar-refractivity contribution in [1.82, 2.24) is 10.2 Å². The lowest BCUT2D eigenvalue weighted by Gasteiger charge is -2.33. The second-order valence-corrected chi connectivity index (χ2v) is 5.65. The van der Waals surface area contributed by atoms with Gasteiger partial charge >= 0.3 is 12.0 Å². The minimum absolute atomic E-state index is 0.0217. The van der Waals surface area contributed by atoms with Crippen LogP contribution < -0.4 is 5.32 Å². The van der Waals surface area contributed by atoms with Crippen molar-refractivity contribution in [3.63, 3.8) is 0 Å². The molecule has 0 radical (unpaired) electrons. The van der Waals surface area contributed by atoms with E-state index >= 15 is 0 Å². The molecule has 6 nitrogen and oxygen atoms in total. The molecule has 0 aliphatic heterocycles. The number of carboxylic acids is 1. The summed E-state index contributed by atoms with van der Waals surface area (Å²) in [5.41, 5.74) is 0. The van der Waals surface area contributed by atoms with Crippen molar-refractivity contribution in [2.75, 3.05) is 13.2 Å². The third-order valence-corrected chi connectivity index (χ3v) is 3.83. The van der Waals surface area contributed by atoms with Crippen LogP contribution in [-0.2, 0) is 4.79 Å². The summed E-state index contributed by atoms with van der Waals surface area (Å²) in [6.07, 6.45) is 3.72. The molecule has 0 aromatic rings. The van der Waals surface area contributed by atoms with Gasteiger partial charge in [0.1, 0.15) is 0 Å². The molecule has 3 N–H and O–H groups in total. The third kappa shape index (κ3) is 4.67. The molecule has 116 valence electrons. The summed E-state index contributed by atoms with van der Waals surface area (Å²) in [5, 5.41) is 21.0. The fourth-order valence-electron chi connectivity index (χ4n) is 2.68. The molecule has 2 atom stereocenters. The molecule has 0 aromatic heterocycles. The highest BCUT2D eigenvalue weighted by Crippen LogP contribution is 2.25. The zero-order chi connectivity index (χ0) is 15.1. The molecule has 0 heterocycles. The summed E-state index contributed by atoms with van der Waals surface area (Å²) < 4.78 is 0. The number of carboxylic acid groups (broad SMARTS) is 1. The highest BCUT2D eigenvalue weighted by atomic mass is 16.4. The summed E-state index contributed by atoms with van der Waals surface area (Å²) in [4.78, 5) is 25.1. The highest BCUT2D eigenvalue weighted by Gasteiger charge is 2.33. The van der Waals surface area contributed by atoms with Gasteiger partial charge in [-0.2, -0.15) is 0 Å². The van der Waals surface area contributed by atoms with Crippen LogP contribution in [-0.4, -0.2) is 52.3 Å². The van der Waals surface area contributed by atoms with E-state index in [0.29, 0.717) is 25.8 Å². The minimum atomic E-state index is -0.832. The molecule has 0 bridgehead atoms. The van der Waals surface area contributed by atoms with Gasteiger partial charge in [0.2, 0.25) is 0 Å². The monoisotopic (exact) mass is 286 g/mol. The Bertz CT molecular complexity index is 333. The highest BCUT2D eigenvalue weighted by molar-refractivity contribution is 5.77. The number of amides is 2. The first-order valence-electron chi connectivity index (χ1n) is 7.38. The first kappa shape index (κ1) is 16.8. The Hall–Kier alpha value is -1.30. The summed E-state index contributed by atoms with van der Waals surface area (Å²) in [6, 6.07) is -0.496. The van der Waals surface area contributed by atoms with Gasteiger partial charge in [0.05, 0.1) is 5.92 Å². The van der Waals surface area contributed by atoms with Gasteiger partial charge in [0.15, 0.2) is 0 Å². The van der Waals surface area contributed by atoms with Gasteiger partial charge in [0.25, 0.3) is 0 Å². The van der Waals surface area contributed by atoms with Crippen molar-refractivity contribution in [3.05, 3.63) is 0 Å². The Morgan fingerprint density at radius 1 is 1.30 bits per heavy atom. The molecular weight excluding hydrogens is 260 g/mol. The molecule has 6 heteroatoms. The summed E-state index contributed by atoms with van der Waals surface area (Å²) >= 11 is 0. The predicted octanol–water partition coefficient (Wildman–Crippen LogP) is 1.43. The Morgan fingerprint density at radius 3 is 2.50 bits per heavy atom. The van der Waals surface area contributed by atoms with Crippen LogP contribution in [0.25, 0.3) is 0 Å². The number of hydrogen-bond acceptors (Lipinski definition) is 3. The Labute approximate surface area is 120 Å². The fourth-order valence-corrected chi connectivity index (χ4v) is 2.68. The zero-order valence-electron chi connectivity index (χ0n) is 12.3. The van der Waals surface area contributed by atoms with Gasteiger partial charge in [-0.05, 0) is 33.1 Å². The molecule has 20 heavy (non-hydrogen) atoms. The van der Waals surface area contributed by atoms with Crippen molar-refractivity contribution in [3.8, 4) is 0 Å². The average Bonchev–Trinajstić information content (AvgIpc) is 2.39. The van der Waals surface area contributed by atoms with E-state index in [1.54, 1.807) is 4.90 Å². The second-order valence-electron chi connectivity index (χ2n) is 5.65. The lowest BCUT2D eigenvalue weighted by molar-refractivity contribution is -0.143. The van der Waals surface area contributed by atoms with Crippen LogP contribution in [0.1, 0.15) is 46.0 Å². The fraction of sp³-hybridized carbons (Fsp3) is 0.857. The molecular formula is C14H26N2O4. The molecule has 1 fully saturated rings. The lowest BCUT2D eigenvalue weighted by atomic mass is 9.84. The van der Waals surface area contributed by atoms with Crippen molar-refractivity contribution in [2.24, 2.45) is 5.92 Å². The van der Waals surface area contributed by atoms with Crippen LogP contribution >= 0.6 is 0 Å². The van der Waals surface area contributed by atoms with Crippen LogP contribution in [0.2, 0.25) is 0 Å². The molecule has 1 aliphatic rings. The first-order valence-corrected chi connectivity index (χ1v) is 7.38. The van der Waals surface area contributed by atoms with Crippen LogP contribution in [0.3, 0.4) is 0 Å². The quantitative estimate of drug-likeness (QED) is 0.689. The SMILES string of the molecule is CC(C)N(CCCO)C(=O)NC1CCCCC1C(=O)O. The molecule has 0 saturated heterocycles. The largest absolute Gasteiger partial charge is 0.481 e. The van der Waals surface area contributed by atoms with Crippen molar-refractivity contribution in [1.29, 1.82) is 0 Å². The molecule has 0 spiro atoms. The molecule has 1 aliphatic carbocycles. The molecule has 0 aromatic carbocycles. The number of carbonyl (C=O) groups excluding carboxylic acids is 1. The van der Waals surface area contributed by atoms with Gasteiger partial charge in [0, 0.05) is 25.2 Å². The van der Waals surface area contributed by atoms with Crippen LogP contribution in [0.5, 0.6) is 0 Å². The number of nitrogens with zero attached hydrogens (tertiary/aromatic N) is 1. The van der Waals surface area contributed by atoms with Crippen LogP contribution in [0.4, 0.5) is 4.79 Å². The number of carbonyl (C=O) groups is 2. The van der Waals surface area contributed by atoms with Gasteiger partial charge in [-0.15, -0.1) is 0 Å². The normalized spacial score (nSPS) is 22.6. The van der Waals surface area contributed by atoms with E-state index in [1.807, 2.05) is 13.8 Å². The van der Waals surface area contributed by atoms with E-state index in [4.69, 9.17) is 5.11 Å². The number of aliphatic carboxylic acids is 1. The van der Waals surface area contributed by atoms with Gasteiger partial charge in [-0.25, -0.2) is 4.79 Å². The average molecular weight is 286 g/mol. The maximum absolute atomic E-state index is 12.3. The van der Waals surface area contributed by atoms with Crippen LogP contribution in [0.15, 0.2) is 0 Å². The standard InChI is InChI=1S/C14H26N2O4/c1-10(2)16(8-5-9-17)14(20)15-12-7-4-3-6-11(12)13(18)19/h10-12,17H,3-9H2,1-2H3,(H,15,20)(H,18,19). The Balaban J connectivity index is 2.63. The van der Waals surface area contributed by atoms with Gasteiger partial charge in [-0.1, -0.05) is 12.8 Å². The molecule has 1 rings (SSSR count). The smallest absolute Gasteiger partial charge is 0.317 e. The summed E-state index contributed by atoms with van der Waals surface area (Å²) in [5.74, 6) is -1.32. The molecule has 2 amide bonds. The molecule has 2 unspecified atom stereocenters. The number of urea groups is 1. The van der Waals surface area contributed by atoms with Crippen molar-refractivity contribution in [2.45, 2.75) is 58.0 Å². The van der Waals surface area contributed by atoms with E-state index in [-0.39, 0.29) is 24.7 Å². The number of rotatable bonds is 6. The van der Waals surface area contributed by atoms with E-state index in [0.717, 1.165) is 12.8 Å². The zero-order valence-corrected chi connectivity index (χ0v) is 12.3. The van der Waals surface area contributed by atoms with Gasteiger partial charge < -0.3 is 20.4 Å². The van der Waals surface area contributed by atoms with Crippen molar-refractivity contribution < 1.29 is 19.8 Å². The topological polar surface area (TPSA) is 89.9 Å². The number of aliphatic hydroxyl groups is 1. The van der Waals surface area contributed by atoms with E-state index < -0.39 is 11.9 Å². The Morgan fingerprint density at radius 2 is 1.95 bits per heavy atom. The Kier molecular flexibility index (Phi) is 6.78. The summed E-state index contributed by atoms with van der Waals surface area (Å²) in [6.45, 7) is 4.33. The van der Waals surface area contributed by atoms with E-state index in [9.17, 15) is 14.7 Å².